The lowest BCUT2D eigenvalue weighted by atomic mass is 9.91. The van der Waals surface area contributed by atoms with E-state index in [1.807, 2.05) is 38.1 Å². The van der Waals surface area contributed by atoms with E-state index in [0.717, 1.165) is 23.3 Å². The maximum Gasteiger partial charge on any atom is 0.270 e. The molecule has 0 saturated heterocycles. The Morgan fingerprint density at radius 1 is 0.659 bits per heavy atom. The van der Waals surface area contributed by atoms with Crippen LogP contribution >= 0.6 is 0 Å². The summed E-state index contributed by atoms with van der Waals surface area (Å²) >= 11 is 0. The Labute approximate surface area is 251 Å². The van der Waals surface area contributed by atoms with Gasteiger partial charge in [-0.05, 0) is 93.3 Å². The van der Waals surface area contributed by atoms with Crippen LogP contribution in [-0.2, 0) is 0 Å². The van der Waals surface area contributed by atoms with Gasteiger partial charge < -0.3 is 0 Å². The van der Waals surface area contributed by atoms with Crippen molar-refractivity contribution in [1.82, 2.24) is 0 Å². The Morgan fingerprint density at radius 2 is 1.23 bits per heavy atom. The second-order valence-electron chi connectivity index (χ2n) is 9.76. The third-order valence-corrected chi connectivity index (χ3v) is 7.58. The number of nitrogens with zero attached hydrogens (tertiary/aromatic N) is 7. The summed E-state index contributed by atoms with van der Waals surface area (Å²) in [5, 5.41) is 39.3. The zero-order valence-electron chi connectivity index (χ0n) is 22.9. The molecule has 0 aromatic heterocycles. The van der Waals surface area contributed by atoms with Crippen molar-refractivity contribution in [1.29, 1.82) is 21.0 Å². The van der Waals surface area contributed by atoms with E-state index in [1.54, 1.807) is 12.1 Å². The van der Waals surface area contributed by atoms with Gasteiger partial charge in [0.1, 0.15) is 29.3 Å². The van der Waals surface area contributed by atoms with E-state index in [4.69, 9.17) is 25.0 Å². The van der Waals surface area contributed by atoms with E-state index in [0.29, 0.717) is 22.3 Å². The summed E-state index contributed by atoms with van der Waals surface area (Å²) in [7, 11) is 0. The molecule has 202 valence electrons. The number of benzene rings is 3. The molecule has 44 heavy (non-hydrogen) atoms. The molecule has 0 fully saturated rings. The van der Waals surface area contributed by atoms with Gasteiger partial charge in [0.2, 0.25) is 5.70 Å². The van der Waals surface area contributed by atoms with E-state index in [9.17, 15) is 24.6 Å². The van der Waals surface area contributed by atoms with Gasteiger partial charge in [-0.25, -0.2) is 33.8 Å². The van der Waals surface area contributed by atoms with E-state index in [1.165, 1.54) is 18.2 Å². The van der Waals surface area contributed by atoms with Gasteiger partial charge >= 0.3 is 0 Å². The van der Waals surface area contributed by atoms with Crippen LogP contribution in [0.1, 0.15) is 50.1 Å². The first-order chi connectivity index (χ1) is 21.2. The van der Waals surface area contributed by atoms with E-state index >= 15 is 0 Å². The van der Waals surface area contributed by atoms with Gasteiger partial charge in [0, 0.05) is 5.57 Å². The van der Waals surface area contributed by atoms with E-state index in [-0.39, 0.29) is 50.4 Å². The zero-order chi connectivity index (χ0) is 31.9. The SMILES string of the molecule is [C-]#[N+]C1=C(c2ccc(C)c(C)c2)/C(=C(/C#N)[N+]#[C-])c2cc3c(cc21)/C(=C(/C#N)[N+]#[C-])C(c1cc(F)c(C#N)c(F)c1)=C3C#N. The lowest BCUT2D eigenvalue weighted by Gasteiger charge is -2.12. The number of allylic oxidation sites excluding steroid dienone is 7. The molecule has 0 saturated carbocycles. The molecule has 9 heteroatoms. The number of fused-ring (bicyclic) bond motifs is 2. The summed E-state index contributed by atoms with van der Waals surface area (Å²) in [5.41, 5.74) is 2.09. The average Bonchev–Trinajstić information content (AvgIpc) is 3.50. The third kappa shape index (κ3) is 4.02. The van der Waals surface area contributed by atoms with Crippen molar-refractivity contribution in [3.8, 4) is 24.3 Å². The number of aryl methyl sites for hydroxylation is 2. The number of halogens is 2. The van der Waals surface area contributed by atoms with Gasteiger partial charge in [-0.2, -0.15) is 10.5 Å². The molecule has 0 atom stereocenters. The Balaban J connectivity index is 1.93. The molecule has 2 aliphatic carbocycles. The quantitative estimate of drug-likeness (QED) is 0.230. The van der Waals surface area contributed by atoms with Crippen molar-refractivity contribution in [3.05, 3.63) is 150 Å². The number of nitriles is 4. The second kappa shape index (κ2) is 10.7. The molecule has 5 rings (SSSR count). The number of hydrogen-bond acceptors (Lipinski definition) is 4. The highest BCUT2D eigenvalue weighted by molar-refractivity contribution is 6.29. The van der Waals surface area contributed by atoms with Crippen LogP contribution in [0.15, 0.2) is 53.9 Å². The minimum Gasteiger partial charge on any atom is -0.237 e. The van der Waals surface area contributed by atoms with E-state index < -0.39 is 22.9 Å². The van der Waals surface area contributed by atoms with Crippen molar-refractivity contribution < 1.29 is 8.78 Å². The van der Waals surface area contributed by atoms with Gasteiger partial charge in [0.15, 0.2) is 0 Å². The molecule has 0 bridgehead atoms. The molecular weight excluding hydrogens is 556 g/mol. The van der Waals surface area contributed by atoms with Crippen LogP contribution in [-0.4, -0.2) is 0 Å². The van der Waals surface area contributed by atoms with Crippen LogP contribution in [0.2, 0.25) is 0 Å². The summed E-state index contributed by atoms with van der Waals surface area (Å²) in [6.07, 6.45) is 0. The van der Waals surface area contributed by atoms with Crippen molar-refractivity contribution in [3.63, 3.8) is 0 Å². The lowest BCUT2D eigenvalue weighted by molar-refractivity contribution is 0.576. The highest BCUT2D eigenvalue weighted by Gasteiger charge is 2.37. The van der Waals surface area contributed by atoms with Crippen molar-refractivity contribution >= 4 is 33.6 Å². The largest absolute Gasteiger partial charge is 0.270 e. The molecule has 0 spiro atoms. The van der Waals surface area contributed by atoms with Gasteiger partial charge in [0.25, 0.3) is 11.4 Å². The lowest BCUT2D eigenvalue weighted by Crippen LogP contribution is -1.97. The molecule has 7 nitrogen and oxygen atoms in total. The highest BCUT2D eigenvalue weighted by atomic mass is 19.1. The monoisotopic (exact) mass is 569 g/mol. The predicted molar refractivity (Wildman–Crippen MR) is 158 cm³/mol. The molecule has 2 aliphatic rings. The van der Waals surface area contributed by atoms with Gasteiger partial charge in [-0.1, -0.05) is 24.3 Å². The summed E-state index contributed by atoms with van der Waals surface area (Å²) in [4.78, 5) is 10.5. The molecular formula is C35H13F2N7. The van der Waals surface area contributed by atoms with Gasteiger partial charge in [-0.3, -0.25) is 0 Å². The molecule has 0 heterocycles. The minimum absolute atomic E-state index is 0.0690. The normalized spacial score (nSPS) is 15.0. The maximum absolute atomic E-state index is 14.8. The van der Waals surface area contributed by atoms with Crippen LogP contribution in [0.4, 0.5) is 8.78 Å². The summed E-state index contributed by atoms with van der Waals surface area (Å²) in [6, 6.07) is 17.4. The Bertz CT molecular complexity index is 2280. The first-order valence-corrected chi connectivity index (χ1v) is 12.7. The molecule has 3 aromatic rings. The first kappa shape index (κ1) is 28.4. The fraction of sp³-hybridized carbons (Fsp3) is 0.0571. The molecule has 0 radical (unpaired) electrons. The second-order valence-corrected chi connectivity index (χ2v) is 9.76. The minimum atomic E-state index is -1.19. The molecule has 0 N–H and O–H groups in total. The smallest absolute Gasteiger partial charge is 0.237 e. The fourth-order valence-electron chi connectivity index (χ4n) is 5.49. The van der Waals surface area contributed by atoms with Crippen molar-refractivity contribution in [2.75, 3.05) is 0 Å². The van der Waals surface area contributed by atoms with Crippen molar-refractivity contribution in [2.45, 2.75) is 13.8 Å². The Kier molecular flexibility index (Phi) is 6.93. The van der Waals surface area contributed by atoms with Crippen LogP contribution in [0.3, 0.4) is 0 Å². The van der Waals surface area contributed by atoms with Gasteiger partial charge in [0.05, 0.1) is 37.4 Å². The highest BCUT2D eigenvalue weighted by Crippen LogP contribution is 2.55. The van der Waals surface area contributed by atoms with Crippen molar-refractivity contribution in [2.24, 2.45) is 0 Å². The number of rotatable bonds is 2. The summed E-state index contributed by atoms with van der Waals surface area (Å²) < 4.78 is 29.5. The maximum atomic E-state index is 14.8. The Morgan fingerprint density at radius 3 is 1.73 bits per heavy atom. The van der Waals surface area contributed by atoms with E-state index in [2.05, 4.69) is 14.5 Å². The summed E-state index contributed by atoms with van der Waals surface area (Å²) in [5.74, 6) is -2.38. The number of hydrogen-bond donors (Lipinski definition) is 0. The molecule has 0 aliphatic heterocycles. The van der Waals surface area contributed by atoms with Gasteiger partial charge in [-0.15, -0.1) is 0 Å². The Hall–Kier alpha value is -7.09. The summed E-state index contributed by atoms with van der Waals surface area (Å²) in [6.45, 7) is 27.3. The molecule has 0 amide bonds. The average molecular weight is 570 g/mol. The first-order valence-electron chi connectivity index (χ1n) is 12.7. The van der Waals surface area contributed by atoms with Crippen LogP contribution in [0.25, 0.3) is 48.1 Å². The predicted octanol–water partition coefficient (Wildman–Crippen LogP) is 8.01. The topological polar surface area (TPSA) is 108 Å². The van der Waals surface area contributed by atoms with Crippen LogP contribution < -0.4 is 0 Å². The molecule has 0 unspecified atom stereocenters. The zero-order valence-corrected chi connectivity index (χ0v) is 22.9. The standard InChI is InChI=1S/C35H13F2N7/c1-17-6-7-19(8-18(17)2)32-34(30(16-41)43-4)23-11-21-22(12-24(23)35(32)44-5)33(29(15-40)42-3)31(25(21)13-38)20-9-27(36)26(14-39)28(37)10-20/h6-12H,1-2H3/b33-29+,34-30-. The molecule has 3 aromatic carbocycles. The van der Waals surface area contributed by atoms with Crippen LogP contribution in [0.5, 0.6) is 0 Å². The fourth-order valence-corrected chi connectivity index (χ4v) is 5.49. The van der Waals surface area contributed by atoms with Crippen LogP contribution in [0, 0.1) is 90.5 Å². The third-order valence-electron chi connectivity index (χ3n) is 7.58.